The van der Waals surface area contributed by atoms with Crippen LogP contribution < -0.4 is 5.32 Å². The maximum absolute atomic E-state index is 13.0. The van der Waals surface area contributed by atoms with Crippen LogP contribution in [0, 0.1) is 0 Å². The Balaban J connectivity index is 1.74. The molecule has 1 N–H and O–H groups in total. The highest BCUT2D eigenvalue weighted by Gasteiger charge is 2.30. The molecule has 0 radical (unpaired) electrons. The van der Waals surface area contributed by atoms with Crippen LogP contribution in [0.4, 0.5) is 5.69 Å². The monoisotopic (exact) mass is 499 g/mol. The number of halogens is 1. The molecule has 0 saturated carbocycles. The molecule has 0 spiro atoms. The van der Waals surface area contributed by atoms with Gasteiger partial charge in [-0.1, -0.05) is 11.6 Å². The zero-order valence-electron chi connectivity index (χ0n) is 18.1. The predicted octanol–water partition coefficient (Wildman–Crippen LogP) is 2.71. The third kappa shape index (κ3) is 5.49. The molecular weight excluding hydrogens is 474 g/mol. The Morgan fingerprint density at radius 1 is 1.06 bits per heavy atom. The van der Waals surface area contributed by atoms with Gasteiger partial charge in [0.2, 0.25) is 10.0 Å². The van der Waals surface area contributed by atoms with E-state index in [4.69, 9.17) is 11.6 Å². The number of carbonyl (C=O) groups excluding carboxylic acids is 1. The van der Waals surface area contributed by atoms with E-state index in [1.165, 1.54) is 46.8 Å². The molecule has 8 nitrogen and oxygen atoms in total. The molecule has 1 heterocycles. The third-order valence-corrected chi connectivity index (χ3v) is 9.09. The molecule has 0 bridgehead atoms. The van der Waals surface area contributed by atoms with E-state index in [0.29, 0.717) is 5.69 Å². The van der Waals surface area contributed by atoms with Gasteiger partial charge in [0, 0.05) is 30.6 Å². The van der Waals surface area contributed by atoms with Crippen LogP contribution in [0.2, 0.25) is 5.02 Å². The van der Waals surface area contributed by atoms with E-state index in [2.05, 4.69) is 10.2 Å². The van der Waals surface area contributed by atoms with E-state index in [1.54, 1.807) is 7.05 Å². The van der Waals surface area contributed by atoms with Gasteiger partial charge in [0.1, 0.15) is 0 Å². The number of hydrogen-bond donors (Lipinski definition) is 1. The molecule has 1 amide bonds. The smallest absolute Gasteiger partial charge is 0.255 e. The molecule has 0 aliphatic carbocycles. The van der Waals surface area contributed by atoms with E-state index in [1.807, 2.05) is 7.05 Å². The van der Waals surface area contributed by atoms with Crippen molar-refractivity contribution in [2.75, 3.05) is 38.8 Å². The van der Waals surface area contributed by atoms with Crippen LogP contribution in [0.1, 0.15) is 23.2 Å². The minimum Gasteiger partial charge on any atom is -0.322 e. The van der Waals surface area contributed by atoms with Gasteiger partial charge in [0.25, 0.3) is 5.91 Å². The summed E-state index contributed by atoms with van der Waals surface area (Å²) in [5, 5.41) is 2.68. The zero-order chi connectivity index (χ0) is 23.7. The van der Waals surface area contributed by atoms with Crippen molar-refractivity contribution in [3.05, 3.63) is 53.1 Å². The van der Waals surface area contributed by atoms with E-state index < -0.39 is 25.8 Å². The van der Waals surface area contributed by atoms with Gasteiger partial charge in [-0.2, -0.15) is 4.31 Å². The second-order valence-electron chi connectivity index (χ2n) is 7.95. The number of sulfonamides is 1. The molecule has 174 valence electrons. The first kappa shape index (κ1) is 24.7. The van der Waals surface area contributed by atoms with E-state index in [9.17, 15) is 21.6 Å². The van der Waals surface area contributed by atoms with Crippen molar-refractivity contribution in [3.63, 3.8) is 0 Å². The van der Waals surface area contributed by atoms with Crippen LogP contribution >= 0.6 is 11.6 Å². The number of piperidine rings is 1. The molecule has 1 aliphatic rings. The van der Waals surface area contributed by atoms with Gasteiger partial charge in [-0.3, -0.25) is 4.79 Å². The fourth-order valence-electron chi connectivity index (χ4n) is 3.56. The largest absolute Gasteiger partial charge is 0.322 e. The van der Waals surface area contributed by atoms with Gasteiger partial charge in [0.15, 0.2) is 9.84 Å². The van der Waals surface area contributed by atoms with Crippen molar-refractivity contribution >= 4 is 43.1 Å². The average molecular weight is 500 g/mol. The fraction of sp³-hybridized carbons (Fsp3) is 0.381. The lowest BCUT2D eigenvalue weighted by Gasteiger charge is -2.34. The lowest BCUT2D eigenvalue weighted by Crippen LogP contribution is -2.44. The van der Waals surface area contributed by atoms with Gasteiger partial charge in [-0.05, 0) is 75.4 Å². The van der Waals surface area contributed by atoms with Crippen molar-refractivity contribution in [2.24, 2.45) is 0 Å². The van der Waals surface area contributed by atoms with Gasteiger partial charge in [-0.25, -0.2) is 16.8 Å². The summed E-state index contributed by atoms with van der Waals surface area (Å²) in [5.74, 6) is -0.536. The summed E-state index contributed by atoms with van der Waals surface area (Å²) in [7, 11) is -3.63. The Kier molecular flexibility index (Phi) is 7.31. The highest BCUT2D eigenvalue weighted by molar-refractivity contribution is 7.90. The Morgan fingerprint density at radius 2 is 1.66 bits per heavy atom. The summed E-state index contributed by atoms with van der Waals surface area (Å²) in [4.78, 5) is 14.7. The number of carbonyl (C=O) groups is 1. The topological polar surface area (TPSA) is 104 Å². The van der Waals surface area contributed by atoms with Gasteiger partial charge >= 0.3 is 0 Å². The number of anilines is 1. The number of benzene rings is 2. The summed E-state index contributed by atoms with van der Waals surface area (Å²) in [6.07, 6.45) is 2.56. The molecule has 3 rings (SSSR count). The van der Waals surface area contributed by atoms with Gasteiger partial charge in [0.05, 0.1) is 14.8 Å². The molecule has 0 aromatic heterocycles. The summed E-state index contributed by atoms with van der Waals surface area (Å²) in [5.41, 5.74) is 0.500. The Bertz CT molecular complexity index is 1210. The van der Waals surface area contributed by atoms with Crippen LogP contribution in [0.3, 0.4) is 0 Å². The normalized spacial score (nSPS) is 16.3. The summed E-state index contributed by atoms with van der Waals surface area (Å²) < 4.78 is 51.0. The maximum Gasteiger partial charge on any atom is 0.255 e. The second kappa shape index (κ2) is 9.48. The first-order valence-corrected chi connectivity index (χ1v) is 13.7. The number of nitrogens with zero attached hydrogens (tertiary/aromatic N) is 2. The fourth-order valence-corrected chi connectivity index (χ4v) is 6.28. The molecule has 1 fully saturated rings. The van der Waals surface area contributed by atoms with Gasteiger partial charge in [-0.15, -0.1) is 0 Å². The Labute approximate surface area is 194 Å². The van der Waals surface area contributed by atoms with Crippen LogP contribution in [-0.2, 0) is 19.9 Å². The second-order valence-corrected chi connectivity index (χ2v) is 12.3. The van der Waals surface area contributed by atoms with Crippen molar-refractivity contribution in [3.8, 4) is 0 Å². The summed E-state index contributed by atoms with van der Waals surface area (Å²) in [6, 6.07) is 9.82. The Hall–Kier alpha value is -1.98. The average Bonchev–Trinajstić information content (AvgIpc) is 2.73. The molecule has 1 saturated heterocycles. The Morgan fingerprint density at radius 3 is 2.22 bits per heavy atom. The highest BCUT2D eigenvalue weighted by Crippen LogP contribution is 2.25. The van der Waals surface area contributed by atoms with Crippen molar-refractivity contribution in [2.45, 2.75) is 28.7 Å². The van der Waals surface area contributed by atoms with E-state index >= 15 is 0 Å². The quantitative estimate of drug-likeness (QED) is 0.655. The van der Waals surface area contributed by atoms with Crippen LogP contribution in [-0.4, -0.2) is 71.4 Å². The third-order valence-electron chi connectivity index (χ3n) is 5.58. The van der Waals surface area contributed by atoms with Gasteiger partial charge < -0.3 is 10.2 Å². The molecule has 2 aromatic carbocycles. The number of sulfone groups is 1. The van der Waals surface area contributed by atoms with E-state index in [-0.39, 0.29) is 26.4 Å². The molecular formula is C21H26ClN3O5S2. The maximum atomic E-state index is 13.0. The minimum atomic E-state index is -3.66. The van der Waals surface area contributed by atoms with Crippen LogP contribution in [0.25, 0.3) is 0 Å². The zero-order valence-corrected chi connectivity index (χ0v) is 20.5. The minimum absolute atomic E-state index is 0.0346. The van der Waals surface area contributed by atoms with Crippen LogP contribution in [0.5, 0.6) is 0 Å². The number of likely N-dealkylation sites (tertiary alicyclic amines) is 1. The van der Waals surface area contributed by atoms with Crippen molar-refractivity contribution < 1.29 is 21.6 Å². The molecule has 0 unspecified atom stereocenters. The number of nitrogens with one attached hydrogen (secondary N) is 1. The molecule has 2 aromatic rings. The van der Waals surface area contributed by atoms with Crippen molar-refractivity contribution in [1.29, 1.82) is 0 Å². The molecule has 0 atom stereocenters. The summed E-state index contributed by atoms with van der Waals surface area (Å²) >= 11 is 5.92. The lowest BCUT2D eigenvalue weighted by molar-refractivity contribution is 0.102. The molecule has 11 heteroatoms. The highest BCUT2D eigenvalue weighted by atomic mass is 35.5. The van der Waals surface area contributed by atoms with Crippen LogP contribution in [0.15, 0.2) is 52.3 Å². The number of amides is 1. The molecule has 32 heavy (non-hydrogen) atoms. The SMILES string of the molecule is CN1CCC(N(C)S(=O)(=O)c2ccc(NC(=O)c3ccc(Cl)c(S(C)(=O)=O)c3)cc2)CC1. The standard InChI is InChI=1S/C21H26ClN3O5S2/c1-24-12-10-17(11-13-24)25(2)32(29,30)18-7-5-16(6-8-18)23-21(26)15-4-9-19(22)20(14-15)31(3,27)28/h4-9,14,17H,10-13H2,1-3H3,(H,23,26). The predicted molar refractivity (Wildman–Crippen MR) is 124 cm³/mol. The number of rotatable bonds is 6. The first-order chi connectivity index (χ1) is 14.9. The molecule has 1 aliphatic heterocycles. The number of hydrogen-bond acceptors (Lipinski definition) is 6. The van der Waals surface area contributed by atoms with E-state index in [0.717, 1.165) is 32.2 Å². The van der Waals surface area contributed by atoms with Crippen molar-refractivity contribution in [1.82, 2.24) is 9.21 Å². The summed E-state index contributed by atoms with van der Waals surface area (Å²) in [6.45, 7) is 1.70. The first-order valence-electron chi connectivity index (χ1n) is 9.97. The lowest BCUT2D eigenvalue weighted by atomic mass is 10.1.